The van der Waals surface area contributed by atoms with Crippen LogP contribution in [0, 0.1) is 0 Å². The first-order valence-corrected chi connectivity index (χ1v) is 8.36. The number of hydrogen-bond acceptors (Lipinski definition) is 5. The van der Waals surface area contributed by atoms with E-state index in [4.69, 9.17) is 4.74 Å². The zero-order valence-corrected chi connectivity index (χ0v) is 13.8. The molecule has 0 saturated carbocycles. The van der Waals surface area contributed by atoms with Crippen LogP contribution in [-0.2, 0) is 20.9 Å². The van der Waals surface area contributed by atoms with Crippen LogP contribution in [0.5, 0.6) is 0 Å². The molecule has 0 aliphatic carbocycles. The summed E-state index contributed by atoms with van der Waals surface area (Å²) in [5.74, 6) is -1.04. The highest BCUT2D eigenvalue weighted by Gasteiger charge is 2.09. The van der Waals surface area contributed by atoms with Crippen molar-refractivity contribution >= 4 is 29.1 Å². The van der Waals surface area contributed by atoms with Crippen molar-refractivity contribution in [2.75, 3.05) is 13.1 Å². The van der Waals surface area contributed by atoms with Gasteiger partial charge in [-0.1, -0.05) is 30.3 Å². The molecule has 126 valence electrons. The number of benzene rings is 1. The van der Waals surface area contributed by atoms with Gasteiger partial charge in [0.05, 0.1) is 0 Å². The lowest BCUT2D eigenvalue weighted by atomic mass is 10.2. The van der Waals surface area contributed by atoms with Gasteiger partial charge in [-0.05, 0) is 17.0 Å². The van der Waals surface area contributed by atoms with Crippen molar-refractivity contribution in [3.63, 3.8) is 0 Å². The fourth-order valence-electron chi connectivity index (χ4n) is 1.83. The van der Waals surface area contributed by atoms with E-state index in [1.165, 1.54) is 11.3 Å². The Labute approximate surface area is 143 Å². The predicted octanol–water partition coefficient (Wildman–Crippen LogP) is 1.73. The average Bonchev–Trinajstić information content (AvgIpc) is 3.13. The fraction of sp³-hybridized carbons (Fsp3) is 0.235. The van der Waals surface area contributed by atoms with E-state index in [1.807, 2.05) is 35.7 Å². The monoisotopic (exact) mass is 346 g/mol. The highest BCUT2D eigenvalue weighted by Crippen LogP contribution is 2.05. The Kier molecular flexibility index (Phi) is 6.97. The molecule has 0 radical (unpaired) electrons. The molecule has 7 heteroatoms. The lowest BCUT2D eigenvalue weighted by molar-refractivity contribution is -0.145. The van der Waals surface area contributed by atoms with Gasteiger partial charge in [-0.15, -0.1) is 0 Å². The van der Waals surface area contributed by atoms with Crippen molar-refractivity contribution in [2.45, 2.75) is 13.0 Å². The molecule has 2 N–H and O–H groups in total. The topological polar surface area (TPSA) is 84.5 Å². The number of rotatable bonds is 8. The Hall–Kier alpha value is -2.67. The number of thiophene rings is 1. The van der Waals surface area contributed by atoms with E-state index in [9.17, 15) is 14.4 Å². The van der Waals surface area contributed by atoms with E-state index in [2.05, 4.69) is 10.6 Å². The molecule has 0 aliphatic rings. The number of esters is 1. The summed E-state index contributed by atoms with van der Waals surface area (Å²) in [7, 11) is 0. The molecule has 1 heterocycles. The summed E-state index contributed by atoms with van der Waals surface area (Å²) in [5, 5.41) is 8.65. The molecule has 6 nitrogen and oxygen atoms in total. The fourth-order valence-corrected chi connectivity index (χ4v) is 2.47. The second-order valence-corrected chi connectivity index (χ2v) is 5.72. The Bertz CT molecular complexity index is 671. The first-order chi connectivity index (χ1) is 11.6. The summed E-state index contributed by atoms with van der Waals surface area (Å²) >= 11 is 1.43. The van der Waals surface area contributed by atoms with E-state index in [-0.39, 0.29) is 37.9 Å². The van der Waals surface area contributed by atoms with Crippen molar-refractivity contribution in [3.05, 3.63) is 58.3 Å². The molecule has 0 spiro atoms. The lowest BCUT2D eigenvalue weighted by Crippen LogP contribution is -2.34. The quantitative estimate of drug-likeness (QED) is 0.713. The minimum atomic E-state index is -0.505. The molecule has 2 amide bonds. The zero-order valence-electron chi connectivity index (χ0n) is 13.0. The summed E-state index contributed by atoms with van der Waals surface area (Å²) in [6.45, 7) is 0.190. The number of hydrogen-bond donors (Lipinski definition) is 2. The van der Waals surface area contributed by atoms with Crippen molar-refractivity contribution in [3.8, 4) is 0 Å². The number of nitrogens with one attached hydrogen (secondary N) is 2. The second-order valence-electron chi connectivity index (χ2n) is 4.94. The first kappa shape index (κ1) is 17.7. The maximum absolute atomic E-state index is 11.7. The van der Waals surface area contributed by atoms with Crippen molar-refractivity contribution in [2.24, 2.45) is 0 Å². The number of amides is 2. The standard InChI is InChI=1S/C17H18N2O4S/c20-15(6-8-18-17(22)14-7-9-24-12-14)19-10-16(21)23-11-13-4-2-1-3-5-13/h1-5,7,9,12H,6,8,10-11H2,(H,18,22)(H,19,20). The van der Waals surface area contributed by atoms with E-state index in [0.29, 0.717) is 5.56 Å². The Morgan fingerprint density at radius 3 is 2.54 bits per heavy atom. The van der Waals surface area contributed by atoms with Crippen LogP contribution < -0.4 is 10.6 Å². The molecular weight excluding hydrogens is 328 g/mol. The molecule has 0 unspecified atom stereocenters. The summed E-state index contributed by atoms with van der Waals surface area (Å²) in [6, 6.07) is 11.0. The molecule has 0 saturated heterocycles. The lowest BCUT2D eigenvalue weighted by Gasteiger charge is -2.07. The maximum Gasteiger partial charge on any atom is 0.325 e. The first-order valence-electron chi connectivity index (χ1n) is 7.42. The van der Waals surface area contributed by atoms with Gasteiger partial charge in [-0.2, -0.15) is 11.3 Å². The van der Waals surface area contributed by atoms with Crippen LogP contribution in [0.4, 0.5) is 0 Å². The molecule has 0 bridgehead atoms. The molecule has 0 aliphatic heterocycles. The van der Waals surface area contributed by atoms with Gasteiger partial charge in [0.15, 0.2) is 0 Å². The van der Waals surface area contributed by atoms with Gasteiger partial charge in [0.2, 0.25) is 5.91 Å². The van der Waals surface area contributed by atoms with E-state index in [1.54, 1.807) is 11.4 Å². The van der Waals surface area contributed by atoms with Crippen LogP contribution in [0.2, 0.25) is 0 Å². The van der Waals surface area contributed by atoms with Crippen LogP contribution in [-0.4, -0.2) is 30.9 Å². The van der Waals surface area contributed by atoms with Gasteiger partial charge in [-0.3, -0.25) is 14.4 Å². The summed E-state index contributed by atoms with van der Waals surface area (Å²) in [4.78, 5) is 34.8. The summed E-state index contributed by atoms with van der Waals surface area (Å²) in [6.07, 6.45) is 0.0991. The Morgan fingerprint density at radius 2 is 1.83 bits per heavy atom. The van der Waals surface area contributed by atoms with Gasteiger partial charge in [0.25, 0.3) is 5.91 Å². The van der Waals surface area contributed by atoms with Crippen LogP contribution in [0.3, 0.4) is 0 Å². The highest BCUT2D eigenvalue weighted by molar-refractivity contribution is 7.08. The second kappa shape index (κ2) is 9.46. The van der Waals surface area contributed by atoms with Crippen LogP contribution in [0.1, 0.15) is 22.3 Å². The van der Waals surface area contributed by atoms with Gasteiger partial charge in [-0.25, -0.2) is 0 Å². The molecule has 0 atom stereocenters. The smallest absolute Gasteiger partial charge is 0.325 e. The van der Waals surface area contributed by atoms with Gasteiger partial charge in [0.1, 0.15) is 13.2 Å². The van der Waals surface area contributed by atoms with Crippen LogP contribution in [0.15, 0.2) is 47.2 Å². The van der Waals surface area contributed by atoms with E-state index >= 15 is 0 Å². The van der Waals surface area contributed by atoms with Gasteiger partial charge in [0, 0.05) is 23.9 Å². The average molecular weight is 346 g/mol. The normalized spacial score (nSPS) is 10.0. The SMILES string of the molecule is O=C(CCNC(=O)c1ccsc1)NCC(=O)OCc1ccccc1. The summed E-state index contributed by atoms with van der Waals surface area (Å²) < 4.78 is 5.05. The summed E-state index contributed by atoms with van der Waals surface area (Å²) in [5.41, 5.74) is 1.46. The molecular formula is C17H18N2O4S. The van der Waals surface area contributed by atoms with Gasteiger partial charge < -0.3 is 15.4 Å². The van der Waals surface area contributed by atoms with Crippen LogP contribution in [0.25, 0.3) is 0 Å². The minimum Gasteiger partial charge on any atom is -0.460 e. The number of carbonyl (C=O) groups is 3. The van der Waals surface area contributed by atoms with Crippen molar-refractivity contribution in [1.82, 2.24) is 10.6 Å². The molecule has 24 heavy (non-hydrogen) atoms. The predicted molar refractivity (Wildman–Crippen MR) is 90.5 cm³/mol. The zero-order chi connectivity index (χ0) is 17.2. The van der Waals surface area contributed by atoms with E-state index in [0.717, 1.165) is 5.56 Å². The third-order valence-electron chi connectivity index (χ3n) is 3.09. The number of ether oxygens (including phenoxy) is 1. The largest absolute Gasteiger partial charge is 0.460 e. The third kappa shape index (κ3) is 6.21. The Morgan fingerprint density at radius 1 is 1.04 bits per heavy atom. The third-order valence-corrected chi connectivity index (χ3v) is 3.78. The van der Waals surface area contributed by atoms with Crippen molar-refractivity contribution in [1.29, 1.82) is 0 Å². The molecule has 2 aromatic rings. The molecule has 0 fully saturated rings. The molecule has 2 rings (SSSR count). The van der Waals surface area contributed by atoms with Crippen molar-refractivity contribution < 1.29 is 19.1 Å². The Balaban J connectivity index is 1.57. The van der Waals surface area contributed by atoms with Crippen LogP contribution >= 0.6 is 11.3 Å². The number of carbonyl (C=O) groups excluding carboxylic acids is 3. The van der Waals surface area contributed by atoms with E-state index < -0.39 is 5.97 Å². The minimum absolute atomic E-state index is 0.0991. The van der Waals surface area contributed by atoms with Gasteiger partial charge >= 0.3 is 5.97 Å². The maximum atomic E-state index is 11.7. The molecule has 1 aromatic carbocycles. The molecule has 1 aromatic heterocycles. The highest BCUT2D eigenvalue weighted by atomic mass is 32.1.